The summed E-state index contributed by atoms with van der Waals surface area (Å²) in [5.41, 5.74) is 0. The standard InChI is InChI=1S/C10H14N2O5/c1-3-7(10(14)15)11-8(13)5-16-9-4-6(2)17-12-9/h4,7H,3,5H2,1-2H3,(H,11,13)(H,14,15). The van der Waals surface area contributed by atoms with Crippen LogP contribution in [0.5, 0.6) is 5.88 Å². The first kappa shape index (κ1) is 13.0. The van der Waals surface area contributed by atoms with Crippen molar-refractivity contribution in [2.24, 2.45) is 0 Å². The number of aromatic nitrogens is 1. The molecule has 7 heteroatoms. The lowest BCUT2D eigenvalue weighted by Gasteiger charge is -2.11. The van der Waals surface area contributed by atoms with Crippen LogP contribution < -0.4 is 10.1 Å². The van der Waals surface area contributed by atoms with Gasteiger partial charge in [0.05, 0.1) is 0 Å². The van der Waals surface area contributed by atoms with Gasteiger partial charge in [0, 0.05) is 6.07 Å². The fraction of sp³-hybridized carbons (Fsp3) is 0.500. The van der Waals surface area contributed by atoms with Crippen LogP contribution in [-0.2, 0) is 9.59 Å². The molecule has 1 heterocycles. The molecule has 0 aliphatic carbocycles. The lowest BCUT2D eigenvalue weighted by atomic mass is 10.2. The van der Waals surface area contributed by atoms with Crippen LogP contribution in [0.15, 0.2) is 10.6 Å². The quantitative estimate of drug-likeness (QED) is 0.745. The number of amides is 1. The van der Waals surface area contributed by atoms with Gasteiger partial charge in [-0.25, -0.2) is 4.79 Å². The summed E-state index contributed by atoms with van der Waals surface area (Å²) in [5, 5.41) is 14.6. The predicted molar refractivity (Wildman–Crippen MR) is 56.6 cm³/mol. The van der Waals surface area contributed by atoms with Crippen molar-refractivity contribution in [1.29, 1.82) is 0 Å². The molecule has 7 nitrogen and oxygen atoms in total. The van der Waals surface area contributed by atoms with Gasteiger partial charge in [-0.2, -0.15) is 0 Å². The Balaban J connectivity index is 2.37. The minimum absolute atomic E-state index is 0.195. The van der Waals surface area contributed by atoms with Crippen LogP contribution in [0.25, 0.3) is 0 Å². The summed E-state index contributed by atoms with van der Waals surface area (Å²) in [7, 11) is 0. The zero-order chi connectivity index (χ0) is 12.8. The Morgan fingerprint density at radius 2 is 2.35 bits per heavy atom. The van der Waals surface area contributed by atoms with E-state index in [0.717, 1.165) is 0 Å². The Hall–Kier alpha value is -2.05. The highest BCUT2D eigenvalue weighted by molar-refractivity contribution is 5.84. The average molecular weight is 242 g/mol. The van der Waals surface area contributed by atoms with E-state index in [1.807, 2.05) is 0 Å². The van der Waals surface area contributed by atoms with E-state index in [0.29, 0.717) is 12.2 Å². The fourth-order valence-electron chi connectivity index (χ4n) is 1.13. The molecule has 94 valence electrons. The Bertz CT molecular complexity index is 401. The highest BCUT2D eigenvalue weighted by Gasteiger charge is 2.17. The Labute approximate surface area is 97.7 Å². The SMILES string of the molecule is CCC(NC(=O)COc1cc(C)on1)C(=O)O. The molecule has 17 heavy (non-hydrogen) atoms. The molecule has 0 aliphatic rings. The van der Waals surface area contributed by atoms with Gasteiger partial charge in [0.25, 0.3) is 11.8 Å². The molecular formula is C10H14N2O5. The van der Waals surface area contributed by atoms with Crippen molar-refractivity contribution in [3.05, 3.63) is 11.8 Å². The molecule has 2 N–H and O–H groups in total. The number of hydrogen-bond acceptors (Lipinski definition) is 5. The van der Waals surface area contributed by atoms with Gasteiger partial charge < -0.3 is 19.7 Å². The van der Waals surface area contributed by atoms with Crippen LogP contribution >= 0.6 is 0 Å². The summed E-state index contributed by atoms with van der Waals surface area (Å²) in [6.45, 7) is 3.06. The Morgan fingerprint density at radius 1 is 1.65 bits per heavy atom. The minimum Gasteiger partial charge on any atom is -0.480 e. The molecule has 0 saturated carbocycles. The molecular weight excluding hydrogens is 228 g/mol. The van der Waals surface area contributed by atoms with Crippen molar-refractivity contribution >= 4 is 11.9 Å². The second kappa shape index (κ2) is 5.88. The molecule has 0 aromatic carbocycles. The molecule has 1 unspecified atom stereocenters. The van der Waals surface area contributed by atoms with Crippen LogP contribution in [-0.4, -0.2) is 34.8 Å². The van der Waals surface area contributed by atoms with Crippen LogP contribution in [0.1, 0.15) is 19.1 Å². The van der Waals surface area contributed by atoms with Gasteiger partial charge in [0.15, 0.2) is 6.61 Å². The maximum absolute atomic E-state index is 11.3. The van der Waals surface area contributed by atoms with Crippen molar-refractivity contribution < 1.29 is 24.0 Å². The van der Waals surface area contributed by atoms with E-state index in [1.165, 1.54) is 6.07 Å². The normalized spacial score (nSPS) is 11.9. The Morgan fingerprint density at radius 3 is 2.82 bits per heavy atom. The van der Waals surface area contributed by atoms with Gasteiger partial charge in [-0.3, -0.25) is 4.79 Å². The van der Waals surface area contributed by atoms with Gasteiger partial charge in [0.2, 0.25) is 0 Å². The molecule has 0 aliphatic heterocycles. The maximum atomic E-state index is 11.3. The van der Waals surface area contributed by atoms with E-state index >= 15 is 0 Å². The Kier molecular flexibility index (Phi) is 4.50. The number of ether oxygens (including phenoxy) is 1. The number of carboxylic acids is 1. The van der Waals surface area contributed by atoms with Crippen molar-refractivity contribution in [2.45, 2.75) is 26.3 Å². The lowest BCUT2D eigenvalue weighted by molar-refractivity contribution is -0.142. The first-order valence-corrected chi connectivity index (χ1v) is 5.11. The summed E-state index contributed by atoms with van der Waals surface area (Å²) in [6.07, 6.45) is 0.310. The molecule has 1 aromatic rings. The third-order valence-corrected chi connectivity index (χ3v) is 2.00. The van der Waals surface area contributed by atoms with E-state index < -0.39 is 17.9 Å². The molecule has 0 radical (unpaired) electrons. The lowest BCUT2D eigenvalue weighted by Crippen LogP contribution is -2.42. The summed E-state index contributed by atoms with van der Waals surface area (Å²) < 4.78 is 9.74. The third kappa shape index (κ3) is 4.13. The minimum atomic E-state index is -1.07. The summed E-state index contributed by atoms with van der Waals surface area (Å²) in [5.74, 6) is -0.823. The van der Waals surface area contributed by atoms with Crippen LogP contribution in [0, 0.1) is 6.92 Å². The third-order valence-electron chi connectivity index (χ3n) is 2.00. The molecule has 1 aromatic heterocycles. The van der Waals surface area contributed by atoms with Crippen LogP contribution in [0.3, 0.4) is 0 Å². The van der Waals surface area contributed by atoms with Crippen molar-refractivity contribution in [3.63, 3.8) is 0 Å². The summed E-state index contributed by atoms with van der Waals surface area (Å²) in [6, 6.07) is 0.632. The van der Waals surface area contributed by atoms with E-state index in [-0.39, 0.29) is 12.5 Å². The van der Waals surface area contributed by atoms with Crippen molar-refractivity contribution in [2.75, 3.05) is 6.61 Å². The van der Waals surface area contributed by atoms with E-state index in [2.05, 4.69) is 10.5 Å². The monoisotopic (exact) mass is 242 g/mol. The fourth-order valence-corrected chi connectivity index (χ4v) is 1.13. The van der Waals surface area contributed by atoms with E-state index in [4.69, 9.17) is 14.4 Å². The van der Waals surface area contributed by atoms with Gasteiger partial charge in [0.1, 0.15) is 11.8 Å². The molecule has 0 bridgehead atoms. The number of aryl methyl sites for hydroxylation is 1. The molecule has 0 saturated heterocycles. The first-order valence-electron chi connectivity index (χ1n) is 5.11. The number of carbonyl (C=O) groups excluding carboxylic acids is 1. The zero-order valence-corrected chi connectivity index (χ0v) is 9.60. The first-order chi connectivity index (χ1) is 8.02. The second-order valence-corrected chi connectivity index (χ2v) is 3.43. The second-order valence-electron chi connectivity index (χ2n) is 3.43. The van der Waals surface area contributed by atoms with Gasteiger partial charge in [-0.1, -0.05) is 6.92 Å². The highest BCUT2D eigenvalue weighted by Crippen LogP contribution is 2.09. The smallest absolute Gasteiger partial charge is 0.326 e. The van der Waals surface area contributed by atoms with Crippen molar-refractivity contribution in [3.8, 4) is 5.88 Å². The number of aliphatic carboxylic acids is 1. The topological polar surface area (TPSA) is 102 Å². The van der Waals surface area contributed by atoms with Crippen LogP contribution in [0.4, 0.5) is 0 Å². The van der Waals surface area contributed by atoms with Gasteiger partial charge >= 0.3 is 5.97 Å². The van der Waals surface area contributed by atoms with E-state index in [1.54, 1.807) is 13.8 Å². The largest absolute Gasteiger partial charge is 0.480 e. The summed E-state index contributed by atoms with van der Waals surface area (Å²) >= 11 is 0. The van der Waals surface area contributed by atoms with Gasteiger partial charge in [-0.15, -0.1) is 0 Å². The number of carbonyl (C=O) groups is 2. The average Bonchev–Trinajstić information content (AvgIpc) is 2.68. The number of rotatable bonds is 6. The molecule has 1 atom stereocenters. The predicted octanol–water partition coefficient (Wildman–Crippen LogP) is 0.341. The number of nitrogens with zero attached hydrogens (tertiary/aromatic N) is 1. The summed E-state index contributed by atoms with van der Waals surface area (Å²) in [4.78, 5) is 22.0. The van der Waals surface area contributed by atoms with Gasteiger partial charge in [-0.05, 0) is 18.5 Å². The van der Waals surface area contributed by atoms with Crippen LogP contribution in [0.2, 0.25) is 0 Å². The molecule has 1 rings (SSSR count). The van der Waals surface area contributed by atoms with E-state index in [9.17, 15) is 9.59 Å². The highest BCUT2D eigenvalue weighted by atomic mass is 16.5. The zero-order valence-electron chi connectivity index (χ0n) is 9.60. The number of carboxylic acid groups (broad SMARTS) is 1. The molecule has 1 amide bonds. The van der Waals surface area contributed by atoms with Crippen molar-refractivity contribution in [1.82, 2.24) is 10.5 Å². The number of hydrogen-bond donors (Lipinski definition) is 2. The molecule has 0 spiro atoms. The maximum Gasteiger partial charge on any atom is 0.326 e. The number of nitrogens with one attached hydrogen (secondary N) is 1. The molecule has 0 fully saturated rings.